The molecule has 7 heteroatoms. The quantitative estimate of drug-likeness (QED) is 0.720. The Morgan fingerprint density at radius 2 is 1.77 bits per heavy atom. The number of alkyl halides is 3. The molecule has 1 fully saturated rings. The highest BCUT2D eigenvalue weighted by Crippen LogP contribution is 2.45. The summed E-state index contributed by atoms with van der Waals surface area (Å²) in [6.45, 7) is 1.67. The molecule has 1 saturated heterocycles. The number of carbonyl (C=O) groups excluding carboxylic acids is 1. The minimum absolute atomic E-state index is 0.298. The van der Waals surface area contributed by atoms with Crippen LogP contribution in [0.3, 0.4) is 0 Å². The first-order valence-corrected chi connectivity index (χ1v) is 10.3. The summed E-state index contributed by atoms with van der Waals surface area (Å²) in [5.74, 6) is 1.96. The minimum Gasteiger partial charge on any atom is -0.346 e. The Morgan fingerprint density at radius 3 is 2.38 bits per heavy atom. The molecule has 138 valence electrons. The molecule has 1 amide bonds. The van der Waals surface area contributed by atoms with Crippen molar-refractivity contribution in [1.82, 2.24) is 5.32 Å². The molecule has 0 aliphatic carbocycles. The molecule has 0 saturated carbocycles. The molecule has 1 atom stereocenters. The van der Waals surface area contributed by atoms with Crippen LogP contribution in [0.25, 0.3) is 0 Å². The van der Waals surface area contributed by atoms with Gasteiger partial charge in [-0.25, -0.2) is 0 Å². The van der Waals surface area contributed by atoms with E-state index in [1.54, 1.807) is 25.1 Å². The summed E-state index contributed by atoms with van der Waals surface area (Å²) < 4.78 is 38.9. The van der Waals surface area contributed by atoms with Gasteiger partial charge in [0.15, 0.2) is 0 Å². The number of halogens is 3. The molecular formula is C19H18F3NOS2. The fraction of sp³-hybridized carbons (Fsp3) is 0.316. The van der Waals surface area contributed by atoms with E-state index < -0.39 is 17.8 Å². The summed E-state index contributed by atoms with van der Waals surface area (Å²) in [6.07, 6.45) is -4.40. The standard InChI is InChI=1S/C19H18F3NOS2/c1-12(15-3-2-4-16(11-15)19(20,21)22)23-17(24)13-5-7-14(8-6-13)18-25-9-10-26-18/h2-8,11-12,18H,9-10H2,1H3,(H,23,24). The lowest BCUT2D eigenvalue weighted by molar-refractivity contribution is -0.137. The topological polar surface area (TPSA) is 29.1 Å². The van der Waals surface area contributed by atoms with Crippen LogP contribution in [-0.4, -0.2) is 17.4 Å². The van der Waals surface area contributed by atoms with Crippen molar-refractivity contribution < 1.29 is 18.0 Å². The molecule has 1 unspecified atom stereocenters. The third-order valence-corrected chi connectivity index (χ3v) is 7.23. The molecule has 3 rings (SSSR count). The second kappa shape index (κ2) is 7.96. The minimum atomic E-state index is -4.40. The summed E-state index contributed by atoms with van der Waals surface area (Å²) in [5.41, 5.74) is 1.39. The molecule has 1 N–H and O–H groups in total. The summed E-state index contributed by atoms with van der Waals surface area (Å²) in [6, 6.07) is 11.9. The van der Waals surface area contributed by atoms with Crippen molar-refractivity contribution in [3.63, 3.8) is 0 Å². The van der Waals surface area contributed by atoms with E-state index in [-0.39, 0.29) is 5.91 Å². The summed E-state index contributed by atoms with van der Waals surface area (Å²) in [7, 11) is 0. The smallest absolute Gasteiger partial charge is 0.346 e. The van der Waals surface area contributed by atoms with E-state index in [0.29, 0.717) is 15.7 Å². The molecule has 2 aromatic carbocycles. The van der Waals surface area contributed by atoms with E-state index in [0.717, 1.165) is 23.6 Å². The predicted octanol–water partition coefficient (Wildman–Crippen LogP) is 5.68. The summed E-state index contributed by atoms with van der Waals surface area (Å²) in [5, 5.41) is 2.76. The van der Waals surface area contributed by atoms with Crippen LogP contribution >= 0.6 is 23.5 Å². The average Bonchev–Trinajstić information content (AvgIpc) is 3.16. The fourth-order valence-electron chi connectivity index (χ4n) is 2.69. The Kier molecular flexibility index (Phi) is 5.87. The molecule has 0 aromatic heterocycles. The normalized spacial score (nSPS) is 16.5. The number of benzene rings is 2. The predicted molar refractivity (Wildman–Crippen MR) is 101 cm³/mol. The zero-order valence-corrected chi connectivity index (χ0v) is 15.7. The summed E-state index contributed by atoms with van der Waals surface area (Å²) in [4.78, 5) is 12.4. The van der Waals surface area contributed by atoms with Crippen LogP contribution in [0.4, 0.5) is 13.2 Å². The van der Waals surface area contributed by atoms with Crippen molar-refractivity contribution in [1.29, 1.82) is 0 Å². The van der Waals surface area contributed by atoms with Crippen LogP contribution in [0.15, 0.2) is 48.5 Å². The van der Waals surface area contributed by atoms with Gasteiger partial charge in [0.1, 0.15) is 0 Å². The van der Waals surface area contributed by atoms with E-state index in [2.05, 4.69) is 5.32 Å². The molecule has 2 nitrogen and oxygen atoms in total. The summed E-state index contributed by atoms with van der Waals surface area (Å²) >= 11 is 3.78. The maximum Gasteiger partial charge on any atom is 0.416 e. The Morgan fingerprint density at radius 1 is 1.12 bits per heavy atom. The molecule has 1 aliphatic rings. The molecule has 0 radical (unpaired) electrons. The lowest BCUT2D eigenvalue weighted by Gasteiger charge is -2.16. The number of hydrogen-bond acceptors (Lipinski definition) is 3. The molecule has 2 aromatic rings. The van der Waals surface area contributed by atoms with Crippen LogP contribution in [0, 0.1) is 0 Å². The van der Waals surface area contributed by atoms with Gasteiger partial charge in [0.05, 0.1) is 16.2 Å². The van der Waals surface area contributed by atoms with Crippen molar-refractivity contribution >= 4 is 29.4 Å². The van der Waals surface area contributed by atoms with Gasteiger partial charge in [-0.3, -0.25) is 4.79 Å². The first-order valence-electron chi connectivity index (χ1n) is 8.16. The molecule has 26 heavy (non-hydrogen) atoms. The maximum absolute atomic E-state index is 12.8. The molecule has 0 spiro atoms. The van der Waals surface area contributed by atoms with Gasteiger partial charge in [0.2, 0.25) is 0 Å². The third kappa shape index (κ3) is 4.57. The molecule has 1 heterocycles. The Balaban J connectivity index is 1.67. The number of thioether (sulfide) groups is 2. The first-order chi connectivity index (χ1) is 12.3. The van der Waals surface area contributed by atoms with Gasteiger partial charge in [-0.1, -0.05) is 24.3 Å². The van der Waals surface area contributed by atoms with Crippen molar-refractivity contribution in [2.45, 2.75) is 23.7 Å². The molecule has 0 bridgehead atoms. The van der Waals surface area contributed by atoms with E-state index in [1.165, 1.54) is 11.6 Å². The largest absolute Gasteiger partial charge is 0.416 e. The zero-order valence-electron chi connectivity index (χ0n) is 14.0. The Labute approximate surface area is 158 Å². The van der Waals surface area contributed by atoms with Crippen molar-refractivity contribution in [2.75, 3.05) is 11.5 Å². The molecular weight excluding hydrogens is 379 g/mol. The number of amides is 1. The van der Waals surface area contributed by atoms with E-state index in [9.17, 15) is 18.0 Å². The number of rotatable bonds is 4. The van der Waals surface area contributed by atoms with Crippen molar-refractivity contribution in [2.24, 2.45) is 0 Å². The second-order valence-electron chi connectivity index (χ2n) is 6.01. The number of carbonyl (C=O) groups is 1. The van der Waals surface area contributed by atoms with Crippen LogP contribution in [0.1, 0.15) is 44.6 Å². The van der Waals surface area contributed by atoms with Crippen LogP contribution in [-0.2, 0) is 6.18 Å². The van der Waals surface area contributed by atoms with Crippen molar-refractivity contribution in [3.05, 3.63) is 70.8 Å². The highest BCUT2D eigenvalue weighted by atomic mass is 32.2. The third-order valence-electron chi connectivity index (χ3n) is 4.13. The lowest BCUT2D eigenvalue weighted by Crippen LogP contribution is -2.26. The highest BCUT2D eigenvalue weighted by molar-refractivity contribution is 8.19. The highest BCUT2D eigenvalue weighted by Gasteiger charge is 2.30. The van der Waals surface area contributed by atoms with Crippen LogP contribution < -0.4 is 5.32 Å². The second-order valence-corrected chi connectivity index (χ2v) is 8.74. The number of hydrogen-bond donors (Lipinski definition) is 1. The maximum atomic E-state index is 12.8. The lowest BCUT2D eigenvalue weighted by atomic mass is 10.0. The van der Waals surface area contributed by atoms with E-state index in [4.69, 9.17) is 0 Å². The van der Waals surface area contributed by atoms with Gasteiger partial charge in [-0.15, -0.1) is 23.5 Å². The molecule has 1 aliphatic heterocycles. The van der Waals surface area contributed by atoms with Gasteiger partial charge in [-0.2, -0.15) is 13.2 Å². The van der Waals surface area contributed by atoms with Gasteiger partial charge in [-0.05, 0) is 42.3 Å². The van der Waals surface area contributed by atoms with E-state index in [1.807, 2.05) is 35.7 Å². The van der Waals surface area contributed by atoms with Crippen LogP contribution in [0.5, 0.6) is 0 Å². The van der Waals surface area contributed by atoms with E-state index >= 15 is 0 Å². The Hall–Kier alpha value is -1.60. The Bertz CT molecular complexity index is 771. The average molecular weight is 397 g/mol. The fourth-order valence-corrected chi connectivity index (χ4v) is 5.55. The number of nitrogens with one attached hydrogen (secondary N) is 1. The van der Waals surface area contributed by atoms with Crippen LogP contribution in [0.2, 0.25) is 0 Å². The van der Waals surface area contributed by atoms with Gasteiger partial charge >= 0.3 is 6.18 Å². The van der Waals surface area contributed by atoms with Gasteiger partial charge in [0, 0.05) is 17.1 Å². The van der Waals surface area contributed by atoms with Gasteiger partial charge in [0.25, 0.3) is 5.91 Å². The first kappa shape index (κ1) is 19.2. The van der Waals surface area contributed by atoms with Crippen molar-refractivity contribution in [3.8, 4) is 0 Å². The monoisotopic (exact) mass is 397 g/mol. The van der Waals surface area contributed by atoms with Gasteiger partial charge < -0.3 is 5.32 Å². The zero-order chi connectivity index (χ0) is 18.7. The SMILES string of the molecule is CC(NC(=O)c1ccc(C2SCCS2)cc1)c1cccc(C(F)(F)F)c1.